The highest BCUT2D eigenvalue weighted by Crippen LogP contribution is 2.20. The number of nitrogens with one attached hydrogen (secondary N) is 2. The number of hydrogen-bond acceptors (Lipinski definition) is 4. The van der Waals surface area contributed by atoms with Crippen molar-refractivity contribution >= 4 is 29.3 Å². The van der Waals surface area contributed by atoms with Gasteiger partial charge in [0.1, 0.15) is 0 Å². The molecule has 0 bridgehead atoms. The van der Waals surface area contributed by atoms with Gasteiger partial charge in [0.05, 0.1) is 6.42 Å². The second-order valence-electron chi connectivity index (χ2n) is 5.99. The average molecular weight is 369 g/mol. The van der Waals surface area contributed by atoms with Crippen molar-refractivity contribution < 1.29 is 14.7 Å². The molecule has 1 aromatic carbocycles. The zero-order valence-electron chi connectivity index (χ0n) is 14.2. The van der Waals surface area contributed by atoms with Gasteiger partial charge >= 0.3 is 12.0 Å². The Kier molecular flexibility index (Phi) is 7.81. The average Bonchev–Trinajstić information content (AvgIpc) is 2.59. The number of piperazine rings is 1. The summed E-state index contributed by atoms with van der Waals surface area (Å²) in [6.07, 6.45) is 0.799. The molecule has 1 saturated heterocycles. The number of carboxylic acids is 1. The lowest BCUT2D eigenvalue weighted by Gasteiger charge is -2.36. The molecule has 2 rings (SSSR count). The van der Waals surface area contributed by atoms with Gasteiger partial charge in [-0.2, -0.15) is 0 Å². The number of halogens is 1. The van der Waals surface area contributed by atoms with Crippen LogP contribution < -0.4 is 15.5 Å². The van der Waals surface area contributed by atoms with Crippen molar-refractivity contribution in [2.45, 2.75) is 12.8 Å². The van der Waals surface area contributed by atoms with E-state index in [2.05, 4.69) is 26.5 Å². The Hall–Kier alpha value is -1.99. The lowest BCUT2D eigenvalue weighted by atomic mass is 10.2. The lowest BCUT2D eigenvalue weighted by Crippen LogP contribution is -2.47. The summed E-state index contributed by atoms with van der Waals surface area (Å²) in [6.45, 7) is 5.54. The van der Waals surface area contributed by atoms with E-state index in [0.29, 0.717) is 6.54 Å². The standard InChI is InChI=1S/C17H25ClN4O3/c18-14-3-1-4-15(13-14)22-11-9-21(10-12-22)8-2-6-19-17(25)20-7-5-16(23)24/h1,3-4,13H,2,5-12H2,(H,23,24)(H2,19,20,25). The van der Waals surface area contributed by atoms with Crippen LogP contribution in [-0.4, -0.2) is 67.8 Å². The molecule has 0 atom stereocenters. The number of hydrogen-bond donors (Lipinski definition) is 3. The van der Waals surface area contributed by atoms with Gasteiger partial charge in [0.25, 0.3) is 0 Å². The number of carbonyl (C=O) groups excluding carboxylic acids is 1. The van der Waals surface area contributed by atoms with E-state index in [1.807, 2.05) is 18.2 Å². The van der Waals surface area contributed by atoms with E-state index in [1.165, 1.54) is 0 Å². The molecule has 1 aromatic rings. The molecule has 0 unspecified atom stereocenters. The minimum Gasteiger partial charge on any atom is -0.481 e. The van der Waals surface area contributed by atoms with E-state index in [0.717, 1.165) is 49.9 Å². The van der Waals surface area contributed by atoms with Crippen molar-refractivity contribution in [1.82, 2.24) is 15.5 Å². The summed E-state index contributed by atoms with van der Waals surface area (Å²) in [7, 11) is 0. The Morgan fingerprint density at radius 2 is 1.84 bits per heavy atom. The highest BCUT2D eigenvalue weighted by atomic mass is 35.5. The lowest BCUT2D eigenvalue weighted by molar-refractivity contribution is -0.136. The molecule has 138 valence electrons. The van der Waals surface area contributed by atoms with Gasteiger partial charge in [-0.05, 0) is 31.2 Å². The molecule has 0 radical (unpaired) electrons. The van der Waals surface area contributed by atoms with Crippen LogP contribution in [-0.2, 0) is 4.79 Å². The van der Waals surface area contributed by atoms with Gasteiger partial charge in [-0.15, -0.1) is 0 Å². The highest BCUT2D eigenvalue weighted by molar-refractivity contribution is 6.30. The van der Waals surface area contributed by atoms with Crippen LogP contribution in [0.3, 0.4) is 0 Å². The molecule has 3 N–H and O–H groups in total. The Balaban J connectivity index is 1.56. The van der Waals surface area contributed by atoms with Crippen LogP contribution >= 0.6 is 11.6 Å². The van der Waals surface area contributed by atoms with Gasteiger partial charge in [-0.1, -0.05) is 17.7 Å². The summed E-state index contributed by atoms with van der Waals surface area (Å²) in [5.41, 5.74) is 1.16. The maximum Gasteiger partial charge on any atom is 0.314 e. The minimum atomic E-state index is -0.919. The summed E-state index contributed by atoms with van der Waals surface area (Å²) < 4.78 is 0. The normalized spacial score (nSPS) is 15.0. The van der Waals surface area contributed by atoms with Gasteiger partial charge in [-0.3, -0.25) is 9.69 Å². The monoisotopic (exact) mass is 368 g/mol. The Morgan fingerprint density at radius 3 is 2.52 bits per heavy atom. The number of rotatable bonds is 8. The molecular formula is C17H25ClN4O3. The third kappa shape index (κ3) is 7.19. The molecule has 0 aliphatic carbocycles. The summed E-state index contributed by atoms with van der Waals surface area (Å²) in [5, 5.41) is 14.5. The van der Waals surface area contributed by atoms with Gasteiger partial charge < -0.3 is 20.6 Å². The SMILES string of the molecule is O=C(O)CCNC(=O)NCCCN1CCN(c2cccc(Cl)c2)CC1. The summed E-state index contributed by atoms with van der Waals surface area (Å²) in [5.74, 6) is -0.919. The largest absolute Gasteiger partial charge is 0.481 e. The van der Waals surface area contributed by atoms with E-state index in [-0.39, 0.29) is 19.0 Å². The van der Waals surface area contributed by atoms with E-state index in [1.54, 1.807) is 0 Å². The molecule has 0 saturated carbocycles. The van der Waals surface area contributed by atoms with Crippen molar-refractivity contribution in [2.75, 3.05) is 50.7 Å². The first-order chi connectivity index (χ1) is 12.0. The van der Waals surface area contributed by atoms with Crippen LogP contribution in [0.2, 0.25) is 5.02 Å². The third-order valence-corrected chi connectivity index (χ3v) is 4.34. The zero-order chi connectivity index (χ0) is 18.1. The third-order valence-electron chi connectivity index (χ3n) is 4.11. The molecule has 1 fully saturated rings. The number of aliphatic carboxylic acids is 1. The minimum absolute atomic E-state index is 0.0652. The molecule has 0 spiro atoms. The first-order valence-electron chi connectivity index (χ1n) is 8.51. The molecule has 1 aliphatic heterocycles. The smallest absolute Gasteiger partial charge is 0.314 e. The number of urea groups is 1. The maximum atomic E-state index is 11.5. The number of anilines is 1. The Labute approximate surface area is 152 Å². The van der Waals surface area contributed by atoms with E-state index in [9.17, 15) is 9.59 Å². The van der Waals surface area contributed by atoms with Crippen molar-refractivity contribution in [3.63, 3.8) is 0 Å². The van der Waals surface area contributed by atoms with Crippen LogP contribution in [0.4, 0.5) is 10.5 Å². The number of amides is 2. The van der Waals surface area contributed by atoms with Crippen molar-refractivity contribution in [3.05, 3.63) is 29.3 Å². The molecule has 0 aromatic heterocycles. The van der Waals surface area contributed by atoms with Crippen LogP contribution in [0.1, 0.15) is 12.8 Å². The highest BCUT2D eigenvalue weighted by Gasteiger charge is 2.16. The Bertz CT molecular complexity index is 577. The second kappa shape index (κ2) is 10.1. The van der Waals surface area contributed by atoms with Crippen LogP contribution in [0.5, 0.6) is 0 Å². The number of carbonyl (C=O) groups is 2. The van der Waals surface area contributed by atoms with E-state index >= 15 is 0 Å². The van der Waals surface area contributed by atoms with Crippen LogP contribution in [0.15, 0.2) is 24.3 Å². The van der Waals surface area contributed by atoms with Crippen molar-refractivity contribution in [3.8, 4) is 0 Å². The first-order valence-corrected chi connectivity index (χ1v) is 8.89. The Morgan fingerprint density at radius 1 is 1.12 bits per heavy atom. The predicted octanol–water partition coefficient (Wildman–Crippen LogP) is 1.63. The van der Waals surface area contributed by atoms with Crippen LogP contribution in [0, 0.1) is 0 Å². The van der Waals surface area contributed by atoms with Crippen molar-refractivity contribution in [2.24, 2.45) is 0 Å². The quantitative estimate of drug-likeness (QED) is 0.607. The van der Waals surface area contributed by atoms with Gasteiger partial charge in [0.2, 0.25) is 0 Å². The summed E-state index contributed by atoms with van der Waals surface area (Å²) in [6, 6.07) is 7.61. The zero-order valence-corrected chi connectivity index (χ0v) is 15.0. The predicted molar refractivity (Wildman–Crippen MR) is 98.4 cm³/mol. The van der Waals surface area contributed by atoms with Crippen LogP contribution in [0.25, 0.3) is 0 Å². The van der Waals surface area contributed by atoms with Crippen molar-refractivity contribution in [1.29, 1.82) is 0 Å². The van der Waals surface area contributed by atoms with Gasteiger partial charge in [0.15, 0.2) is 0 Å². The second-order valence-corrected chi connectivity index (χ2v) is 6.42. The summed E-state index contributed by atoms with van der Waals surface area (Å²) in [4.78, 5) is 26.5. The fourth-order valence-electron chi connectivity index (χ4n) is 2.75. The molecule has 7 nitrogen and oxygen atoms in total. The molecule has 1 heterocycles. The van der Waals surface area contributed by atoms with E-state index < -0.39 is 5.97 Å². The fraction of sp³-hybridized carbons (Fsp3) is 0.529. The molecular weight excluding hydrogens is 344 g/mol. The molecule has 2 amide bonds. The molecule has 1 aliphatic rings. The number of carboxylic acid groups (broad SMARTS) is 1. The van der Waals surface area contributed by atoms with E-state index in [4.69, 9.17) is 16.7 Å². The molecule has 8 heteroatoms. The maximum absolute atomic E-state index is 11.5. The number of benzene rings is 1. The van der Waals surface area contributed by atoms with Gasteiger partial charge in [-0.25, -0.2) is 4.79 Å². The van der Waals surface area contributed by atoms with Gasteiger partial charge in [0, 0.05) is 50.0 Å². The number of nitrogens with zero attached hydrogens (tertiary/aromatic N) is 2. The molecule has 25 heavy (non-hydrogen) atoms. The first kappa shape index (κ1) is 19.3. The topological polar surface area (TPSA) is 84.9 Å². The fourth-order valence-corrected chi connectivity index (χ4v) is 2.94. The summed E-state index contributed by atoms with van der Waals surface area (Å²) >= 11 is 6.04.